The van der Waals surface area contributed by atoms with Crippen LogP contribution in [0.15, 0.2) is 24.3 Å². The first kappa shape index (κ1) is 11.0. The molecule has 0 aliphatic rings. The number of aliphatic hydroxyl groups is 1. The maximum Gasteiger partial charge on any atom is 0.0657 e. The summed E-state index contributed by atoms with van der Waals surface area (Å²) in [5, 5.41) is 9.84. The van der Waals surface area contributed by atoms with E-state index in [0.717, 1.165) is 12.8 Å². The zero-order valence-electron chi connectivity index (χ0n) is 8.05. The van der Waals surface area contributed by atoms with Crippen LogP contribution < -0.4 is 0 Å². The summed E-state index contributed by atoms with van der Waals surface area (Å²) in [5.41, 5.74) is 0.638. The van der Waals surface area contributed by atoms with E-state index in [2.05, 4.69) is 46.9 Å². The molecule has 0 aliphatic heterocycles. The molecule has 2 heteroatoms. The van der Waals surface area contributed by atoms with Crippen LogP contribution in [0.5, 0.6) is 0 Å². The molecule has 1 rings (SSSR count). The number of benzene rings is 1. The van der Waals surface area contributed by atoms with Crippen LogP contribution in [0.4, 0.5) is 0 Å². The van der Waals surface area contributed by atoms with Crippen molar-refractivity contribution in [3.63, 3.8) is 0 Å². The molecule has 0 amide bonds. The molecule has 1 N–H and O–H groups in total. The van der Waals surface area contributed by atoms with Crippen LogP contribution in [0.25, 0.3) is 0 Å². The number of hydrogen-bond acceptors (Lipinski definition) is 1. The molecule has 72 valence electrons. The van der Waals surface area contributed by atoms with Crippen molar-refractivity contribution in [2.45, 2.75) is 32.3 Å². The molecule has 0 radical (unpaired) electrons. The van der Waals surface area contributed by atoms with E-state index in [1.807, 2.05) is 13.8 Å². The van der Waals surface area contributed by atoms with Gasteiger partial charge in [-0.3, -0.25) is 0 Å². The van der Waals surface area contributed by atoms with Crippen molar-refractivity contribution in [2.75, 3.05) is 0 Å². The molecule has 0 fully saturated rings. The average molecular weight is 290 g/mol. The molecule has 0 aliphatic carbocycles. The normalized spacial score (nSPS) is 15.4. The predicted molar refractivity (Wildman–Crippen MR) is 63.8 cm³/mol. The average Bonchev–Trinajstić information content (AvgIpc) is 2.09. The summed E-state index contributed by atoms with van der Waals surface area (Å²) in [6, 6.07) is 8.29. The molecule has 1 aromatic rings. The Morgan fingerprint density at radius 3 is 2.31 bits per heavy atom. The Morgan fingerprint density at radius 1 is 1.31 bits per heavy atom. The van der Waals surface area contributed by atoms with Gasteiger partial charge in [-0.05, 0) is 53.6 Å². The zero-order chi connectivity index (χ0) is 9.90. The molecule has 0 aromatic heterocycles. The summed E-state index contributed by atoms with van der Waals surface area (Å²) in [4.78, 5) is 0. The van der Waals surface area contributed by atoms with Crippen LogP contribution in [-0.2, 0) is 6.42 Å². The Morgan fingerprint density at radius 2 is 1.85 bits per heavy atom. The maximum atomic E-state index is 9.84. The monoisotopic (exact) mass is 290 g/mol. The standard InChI is InChI=1S/C11H15IO/c1-3-11(2,13)8-9-4-6-10(12)7-5-9/h4-7,13H,3,8H2,1-2H3. The lowest BCUT2D eigenvalue weighted by Crippen LogP contribution is -2.25. The molecule has 0 spiro atoms. The molecule has 0 heterocycles. The first-order valence-corrected chi connectivity index (χ1v) is 5.58. The molecule has 1 unspecified atom stereocenters. The summed E-state index contributed by atoms with van der Waals surface area (Å²) >= 11 is 2.28. The Kier molecular flexibility index (Phi) is 3.74. The highest BCUT2D eigenvalue weighted by Gasteiger charge is 2.17. The van der Waals surface area contributed by atoms with E-state index in [1.165, 1.54) is 9.13 Å². The van der Waals surface area contributed by atoms with Gasteiger partial charge in [-0.15, -0.1) is 0 Å². The van der Waals surface area contributed by atoms with Gasteiger partial charge in [0.25, 0.3) is 0 Å². The van der Waals surface area contributed by atoms with Crippen molar-refractivity contribution in [1.29, 1.82) is 0 Å². The van der Waals surface area contributed by atoms with Crippen LogP contribution >= 0.6 is 22.6 Å². The topological polar surface area (TPSA) is 20.2 Å². The number of hydrogen-bond donors (Lipinski definition) is 1. The Bertz CT molecular complexity index is 264. The van der Waals surface area contributed by atoms with Crippen molar-refractivity contribution in [1.82, 2.24) is 0 Å². The van der Waals surface area contributed by atoms with Gasteiger partial charge >= 0.3 is 0 Å². The minimum atomic E-state index is -0.563. The number of rotatable bonds is 3. The maximum absolute atomic E-state index is 9.84. The van der Waals surface area contributed by atoms with Crippen LogP contribution in [0.2, 0.25) is 0 Å². The molecule has 13 heavy (non-hydrogen) atoms. The van der Waals surface area contributed by atoms with Gasteiger partial charge in [0.2, 0.25) is 0 Å². The molecule has 0 bridgehead atoms. The van der Waals surface area contributed by atoms with Crippen molar-refractivity contribution >= 4 is 22.6 Å². The summed E-state index contributed by atoms with van der Waals surface area (Å²) in [6.07, 6.45) is 1.53. The van der Waals surface area contributed by atoms with Crippen LogP contribution in [0, 0.1) is 3.57 Å². The minimum Gasteiger partial charge on any atom is -0.390 e. The van der Waals surface area contributed by atoms with Gasteiger partial charge in [0, 0.05) is 9.99 Å². The molecule has 0 saturated heterocycles. The Labute approximate surface area is 93.3 Å². The minimum absolute atomic E-state index is 0.563. The SMILES string of the molecule is CCC(C)(O)Cc1ccc(I)cc1. The van der Waals surface area contributed by atoms with E-state index in [9.17, 15) is 5.11 Å². The van der Waals surface area contributed by atoms with E-state index in [4.69, 9.17) is 0 Å². The fourth-order valence-corrected chi connectivity index (χ4v) is 1.53. The van der Waals surface area contributed by atoms with Gasteiger partial charge in [-0.2, -0.15) is 0 Å². The van der Waals surface area contributed by atoms with E-state index < -0.39 is 5.60 Å². The summed E-state index contributed by atoms with van der Waals surface area (Å²) in [6.45, 7) is 3.89. The van der Waals surface area contributed by atoms with Crippen molar-refractivity contribution in [3.05, 3.63) is 33.4 Å². The van der Waals surface area contributed by atoms with E-state index in [-0.39, 0.29) is 0 Å². The van der Waals surface area contributed by atoms with E-state index >= 15 is 0 Å². The smallest absolute Gasteiger partial charge is 0.0657 e. The highest BCUT2D eigenvalue weighted by Crippen LogP contribution is 2.17. The fourth-order valence-electron chi connectivity index (χ4n) is 1.17. The van der Waals surface area contributed by atoms with Crippen molar-refractivity contribution in [2.24, 2.45) is 0 Å². The second-order valence-corrected chi connectivity index (χ2v) is 4.90. The van der Waals surface area contributed by atoms with Gasteiger partial charge < -0.3 is 5.11 Å². The van der Waals surface area contributed by atoms with Gasteiger partial charge in [-0.25, -0.2) is 0 Å². The predicted octanol–water partition coefficient (Wildman–Crippen LogP) is 2.99. The third-order valence-electron chi connectivity index (χ3n) is 2.26. The van der Waals surface area contributed by atoms with Gasteiger partial charge in [0.05, 0.1) is 5.60 Å². The van der Waals surface area contributed by atoms with Crippen LogP contribution in [0.3, 0.4) is 0 Å². The second kappa shape index (κ2) is 4.42. The largest absolute Gasteiger partial charge is 0.390 e. The lowest BCUT2D eigenvalue weighted by molar-refractivity contribution is 0.0564. The quantitative estimate of drug-likeness (QED) is 0.848. The highest BCUT2D eigenvalue weighted by molar-refractivity contribution is 14.1. The Balaban J connectivity index is 2.69. The first-order chi connectivity index (χ1) is 6.03. The van der Waals surface area contributed by atoms with Gasteiger partial charge in [-0.1, -0.05) is 19.1 Å². The number of halogens is 1. The first-order valence-electron chi connectivity index (χ1n) is 4.50. The fraction of sp³-hybridized carbons (Fsp3) is 0.455. The van der Waals surface area contributed by atoms with Crippen molar-refractivity contribution in [3.8, 4) is 0 Å². The van der Waals surface area contributed by atoms with Gasteiger partial charge in [0.15, 0.2) is 0 Å². The molecule has 1 aromatic carbocycles. The zero-order valence-corrected chi connectivity index (χ0v) is 10.2. The third-order valence-corrected chi connectivity index (χ3v) is 2.98. The lowest BCUT2D eigenvalue weighted by Gasteiger charge is -2.21. The van der Waals surface area contributed by atoms with Crippen LogP contribution in [-0.4, -0.2) is 10.7 Å². The van der Waals surface area contributed by atoms with Crippen LogP contribution in [0.1, 0.15) is 25.8 Å². The molecular weight excluding hydrogens is 275 g/mol. The van der Waals surface area contributed by atoms with E-state index in [0.29, 0.717) is 0 Å². The lowest BCUT2D eigenvalue weighted by atomic mass is 9.94. The summed E-state index contributed by atoms with van der Waals surface area (Å²) in [7, 11) is 0. The Hall–Kier alpha value is -0.0900. The van der Waals surface area contributed by atoms with Crippen molar-refractivity contribution < 1.29 is 5.11 Å². The molecule has 1 atom stereocenters. The summed E-state index contributed by atoms with van der Waals surface area (Å²) < 4.78 is 1.23. The van der Waals surface area contributed by atoms with Gasteiger partial charge in [0.1, 0.15) is 0 Å². The molecule has 1 nitrogen and oxygen atoms in total. The third kappa shape index (κ3) is 3.65. The van der Waals surface area contributed by atoms with E-state index in [1.54, 1.807) is 0 Å². The molecular formula is C11H15IO. The summed E-state index contributed by atoms with van der Waals surface area (Å²) in [5.74, 6) is 0. The highest BCUT2D eigenvalue weighted by atomic mass is 127. The second-order valence-electron chi connectivity index (χ2n) is 3.65. The molecule has 0 saturated carbocycles.